The van der Waals surface area contributed by atoms with Gasteiger partial charge in [-0.2, -0.15) is 0 Å². The van der Waals surface area contributed by atoms with Crippen LogP contribution in [0.25, 0.3) is 0 Å². The van der Waals surface area contributed by atoms with E-state index >= 15 is 0 Å². The largest absolute Gasteiger partial charge is 0.481 e. The van der Waals surface area contributed by atoms with Gasteiger partial charge in [-0.05, 0) is 20.0 Å². The maximum Gasteiger partial charge on any atom is 0.326 e. The molecule has 0 aromatic heterocycles. The normalized spacial score (nSPS) is 21.3. The smallest absolute Gasteiger partial charge is 0.326 e. The molecule has 1 aliphatic heterocycles. The minimum absolute atomic E-state index is 0.0331. The van der Waals surface area contributed by atoms with Crippen LogP contribution in [-0.2, 0) is 9.59 Å². The fourth-order valence-electron chi connectivity index (χ4n) is 1.81. The second-order valence-corrected chi connectivity index (χ2v) is 4.35. The first-order valence-corrected chi connectivity index (χ1v) is 5.58. The summed E-state index contributed by atoms with van der Waals surface area (Å²) in [4.78, 5) is 34.7. The first-order chi connectivity index (χ1) is 8.38. The van der Waals surface area contributed by atoms with Crippen molar-refractivity contribution >= 4 is 18.0 Å². The van der Waals surface area contributed by atoms with Crippen molar-refractivity contribution < 1.29 is 24.6 Å². The Labute approximate surface area is 104 Å². The van der Waals surface area contributed by atoms with Crippen LogP contribution in [0.3, 0.4) is 0 Å². The number of hydrogen-bond acceptors (Lipinski definition) is 4. The van der Waals surface area contributed by atoms with Crippen LogP contribution in [0.15, 0.2) is 0 Å². The first kappa shape index (κ1) is 14.2. The van der Waals surface area contributed by atoms with Crippen molar-refractivity contribution in [2.45, 2.75) is 24.9 Å². The molecule has 1 rings (SSSR count). The fourth-order valence-corrected chi connectivity index (χ4v) is 1.81. The number of nitrogens with one attached hydrogen (secondary N) is 2. The Morgan fingerprint density at radius 3 is 2.50 bits per heavy atom. The molecule has 0 radical (unpaired) electrons. The van der Waals surface area contributed by atoms with Gasteiger partial charge in [-0.1, -0.05) is 0 Å². The van der Waals surface area contributed by atoms with Gasteiger partial charge in [0.15, 0.2) is 0 Å². The van der Waals surface area contributed by atoms with Crippen molar-refractivity contribution in [3.8, 4) is 0 Å². The van der Waals surface area contributed by atoms with E-state index in [0.29, 0.717) is 6.54 Å². The number of nitrogens with zero attached hydrogens (tertiary/aromatic N) is 1. The maximum absolute atomic E-state index is 11.5. The number of hydrogen-bond donors (Lipinski definition) is 4. The van der Waals surface area contributed by atoms with E-state index in [0.717, 1.165) is 13.0 Å². The molecular formula is C10H17N3O5. The van der Waals surface area contributed by atoms with Crippen molar-refractivity contribution in [3.05, 3.63) is 0 Å². The lowest BCUT2D eigenvalue weighted by atomic mass is 10.2. The van der Waals surface area contributed by atoms with Gasteiger partial charge in [0.05, 0.1) is 6.42 Å². The summed E-state index contributed by atoms with van der Waals surface area (Å²) in [6, 6.07) is -2.10. The molecule has 0 saturated carbocycles. The maximum atomic E-state index is 11.5. The van der Waals surface area contributed by atoms with Crippen LogP contribution in [0.4, 0.5) is 4.79 Å². The van der Waals surface area contributed by atoms with Gasteiger partial charge >= 0.3 is 18.0 Å². The molecule has 0 bridgehead atoms. The molecular weight excluding hydrogens is 242 g/mol. The number of carbonyl (C=O) groups excluding carboxylic acids is 1. The topological polar surface area (TPSA) is 119 Å². The van der Waals surface area contributed by atoms with E-state index in [-0.39, 0.29) is 6.04 Å². The Morgan fingerprint density at radius 2 is 2.06 bits per heavy atom. The fraction of sp³-hybridized carbons (Fsp3) is 0.700. The molecule has 0 spiro atoms. The lowest BCUT2D eigenvalue weighted by molar-refractivity contribution is -0.145. The lowest BCUT2D eigenvalue weighted by Crippen LogP contribution is -2.50. The van der Waals surface area contributed by atoms with E-state index in [1.54, 1.807) is 0 Å². The van der Waals surface area contributed by atoms with E-state index in [1.165, 1.54) is 0 Å². The molecule has 0 aromatic rings. The number of likely N-dealkylation sites (N-methyl/N-ethyl adjacent to an activating group) is 1. The second-order valence-electron chi connectivity index (χ2n) is 4.35. The quantitative estimate of drug-likeness (QED) is 0.498. The third kappa shape index (κ3) is 4.58. The Hall–Kier alpha value is -1.83. The van der Waals surface area contributed by atoms with Crippen molar-refractivity contribution in [1.29, 1.82) is 0 Å². The van der Waals surface area contributed by atoms with Gasteiger partial charge < -0.3 is 25.7 Å². The molecule has 102 valence electrons. The van der Waals surface area contributed by atoms with Crippen LogP contribution in [-0.4, -0.2) is 65.3 Å². The molecule has 8 heteroatoms. The van der Waals surface area contributed by atoms with Gasteiger partial charge in [-0.3, -0.25) is 4.79 Å². The summed E-state index contributed by atoms with van der Waals surface area (Å²) < 4.78 is 0. The molecule has 8 nitrogen and oxygen atoms in total. The molecule has 1 saturated heterocycles. The summed E-state index contributed by atoms with van der Waals surface area (Å²) in [6.07, 6.45) is 0.147. The molecule has 0 aromatic carbocycles. The zero-order valence-corrected chi connectivity index (χ0v) is 10.0. The molecule has 4 N–H and O–H groups in total. The number of carboxylic acids is 2. The van der Waals surface area contributed by atoms with E-state index in [4.69, 9.17) is 10.2 Å². The molecule has 2 amide bonds. The summed E-state index contributed by atoms with van der Waals surface area (Å²) in [5.74, 6) is -2.64. The third-order valence-corrected chi connectivity index (χ3v) is 2.71. The first-order valence-electron chi connectivity index (χ1n) is 5.58. The molecule has 2 atom stereocenters. The number of rotatable bonds is 5. The lowest BCUT2D eigenvalue weighted by Gasteiger charge is -2.16. The van der Waals surface area contributed by atoms with E-state index < -0.39 is 30.4 Å². The van der Waals surface area contributed by atoms with Gasteiger partial charge in [0.1, 0.15) is 6.04 Å². The highest BCUT2D eigenvalue weighted by Gasteiger charge is 2.25. The summed E-state index contributed by atoms with van der Waals surface area (Å²) in [7, 11) is 1.92. The Bertz CT molecular complexity index is 346. The van der Waals surface area contributed by atoms with E-state index in [9.17, 15) is 14.4 Å². The zero-order valence-electron chi connectivity index (χ0n) is 10.0. The zero-order chi connectivity index (χ0) is 13.7. The monoisotopic (exact) mass is 259 g/mol. The molecule has 1 aliphatic rings. The van der Waals surface area contributed by atoms with Crippen molar-refractivity contribution in [3.63, 3.8) is 0 Å². The number of urea groups is 1. The molecule has 2 unspecified atom stereocenters. The number of carbonyl (C=O) groups is 3. The number of carboxylic acid groups (broad SMARTS) is 2. The standard InChI is InChI=1S/C10H17N3O5/c1-13-3-2-6(5-13)11-10(18)12-7(9(16)17)4-8(14)15/h6-7H,2-5H2,1H3,(H,14,15)(H,16,17)(H2,11,12,18). The SMILES string of the molecule is CN1CCC(NC(=O)NC(CC(=O)O)C(=O)O)C1. The van der Waals surface area contributed by atoms with E-state index in [1.807, 2.05) is 11.9 Å². The Balaban J connectivity index is 2.41. The number of aliphatic carboxylic acids is 2. The minimum Gasteiger partial charge on any atom is -0.481 e. The highest BCUT2D eigenvalue weighted by atomic mass is 16.4. The molecule has 1 heterocycles. The third-order valence-electron chi connectivity index (χ3n) is 2.71. The molecule has 18 heavy (non-hydrogen) atoms. The van der Waals surface area contributed by atoms with E-state index in [2.05, 4.69) is 10.6 Å². The van der Waals surface area contributed by atoms with Crippen molar-refractivity contribution in [2.75, 3.05) is 20.1 Å². The van der Waals surface area contributed by atoms with Gasteiger partial charge in [0.2, 0.25) is 0 Å². The highest BCUT2D eigenvalue weighted by Crippen LogP contribution is 2.05. The van der Waals surface area contributed by atoms with Gasteiger partial charge in [-0.25, -0.2) is 9.59 Å². The average Bonchev–Trinajstić information content (AvgIpc) is 2.62. The van der Waals surface area contributed by atoms with Crippen LogP contribution in [0, 0.1) is 0 Å². The van der Waals surface area contributed by atoms with Gasteiger partial charge in [0, 0.05) is 12.6 Å². The average molecular weight is 259 g/mol. The summed E-state index contributed by atoms with van der Waals surface area (Å²) in [5.41, 5.74) is 0. The van der Waals surface area contributed by atoms with Crippen LogP contribution in [0.5, 0.6) is 0 Å². The predicted molar refractivity (Wildman–Crippen MR) is 61.2 cm³/mol. The summed E-state index contributed by atoms with van der Waals surface area (Å²) in [5, 5.41) is 22.0. The second kappa shape index (κ2) is 6.20. The summed E-state index contributed by atoms with van der Waals surface area (Å²) >= 11 is 0. The van der Waals surface area contributed by atoms with Crippen LogP contribution >= 0.6 is 0 Å². The van der Waals surface area contributed by atoms with Gasteiger partial charge in [-0.15, -0.1) is 0 Å². The predicted octanol–water partition coefficient (Wildman–Crippen LogP) is -1.08. The van der Waals surface area contributed by atoms with Crippen LogP contribution in [0.1, 0.15) is 12.8 Å². The van der Waals surface area contributed by atoms with Gasteiger partial charge in [0.25, 0.3) is 0 Å². The number of likely N-dealkylation sites (tertiary alicyclic amines) is 1. The van der Waals surface area contributed by atoms with Crippen molar-refractivity contribution in [1.82, 2.24) is 15.5 Å². The number of amides is 2. The minimum atomic E-state index is -1.42. The Kier molecular flexibility index (Phi) is 4.90. The highest BCUT2D eigenvalue weighted by molar-refractivity contribution is 5.86. The van der Waals surface area contributed by atoms with Crippen molar-refractivity contribution in [2.24, 2.45) is 0 Å². The van der Waals surface area contributed by atoms with Crippen LogP contribution < -0.4 is 10.6 Å². The summed E-state index contributed by atoms with van der Waals surface area (Å²) in [6.45, 7) is 1.56. The van der Waals surface area contributed by atoms with Crippen LogP contribution in [0.2, 0.25) is 0 Å². The molecule has 0 aliphatic carbocycles. The Morgan fingerprint density at radius 1 is 1.39 bits per heavy atom. The molecule has 1 fully saturated rings.